The van der Waals surface area contributed by atoms with Crippen molar-refractivity contribution in [1.29, 1.82) is 5.26 Å². The molecular formula is C25H25F4N3O3. The molecule has 1 aromatic carbocycles. The number of benzene rings is 1. The van der Waals surface area contributed by atoms with E-state index in [9.17, 15) is 32.4 Å². The molecule has 35 heavy (non-hydrogen) atoms. The molecule has 0 bridgehead atoms. The fourth-order valence-electron chi connectivity index (χ4n) is 3.83. The van der Waals surface area contributed by atoms with E-state index in [0.29, 0.717) is 16.8 Å². The van der Waals surface area contributed by atoms with Crippen LogP contribution < -0.4 is 0 Å². The Morgan fingerprint density at radius 1 is 1.20 bits per heavy atom. The monoisotopic (exact) mass is 491 g/mol. The van der Waals surface area contributed by atoms with Crippen LogP contribution in [0.15, 0.2) is 36.5 Å². The number of alkyl halides is 4. The maximum absolute atomic E-state index is 14.1. The van der Waals surface area contributed by atoms with Crippen LogP contribution in [-0.4, -0.2) is 46.1 Å². The Balaban J connectivity index is 1.74. The topological polar surface area (TPSA) is 83.3 Å². The zero-order chi connectivity index (χ0) is 26.0. The second kappa shape index (κ2) is 10.0. The van der Waals surface area contributed by atoms with Crippen LogP contribution in [0.3, 0.4) is 0 Å². The molecular weight excluding hydrogens is 466 g/mol. The quantitative estimate of drug-likeness (QED) is 0.517. The van der Waals surface area contributed by atoms with Crippen LogP contribution in [0, 0.1) is 11.3 Å². The first-order chi connectivity index (χ1) is 16.3. The van der Waals surface area contributed by atoms with Gasteiger partial charge in [0.25, 0.3) is 0 Å². The Morgan fingerprint density at radius 2 is 1.86 bits per heavy atom. The van der Waals surface area contributed by atoms with Crippen molar-refractivity contribution in [3.63, 3.8) is 0 Å². The predicted octanol–water partition coefficient (Wildman–Crippen LogP) is 5.49. The molecule has 10 heteroatoms. The number of hydrogen-bond acceptors (Lipinski definition) is 5. The summed E-state index contributed by atoms with van der Waals surface area (Å²) in [5, 5.41) is 9.39. The summed E-state index contributed by atoms with van der Waals surface area (Å²) in [6, 6.07) is 6.96. The van der Waals surface area contributed by atoms with Gasteiger partial charge in [-0.3, -0.25) is 14.7 Å². The van der Waals surface area contributed by atoms with Crippen molar-refractivity contribution in [3.8, 4) is 17.2 Å². The molecule has 1 aromatic heterocycles. The molecule has 1 saturated heterocycles. The van der Waals surface area contributed by atoms with E-state index >= 15 is 0 Å². The highest BCUT2D eigenvalue weighted by atomic mass is 19.4. The molecule has 2 aromatic rings. The van der Waals surface area contributed by atoms with Crippen molar-refractivity contribution in [2.45, 2.75) is 64.0 Å². The molecule has 0 aliphatic carbocycles. The summed E-state index contributed by atoms with van der Waals surface area (Å²) in [4.78, 5) is 30.6. The maximum Gasteiger partial charge on any atom is 0.416 e. The third kappa shape index (κ3) is 6.56. The molecule has 2 heterocycles. The lowest BCUT2D eigenvalue weighted by molar-refractivity contribution is -0.137. The van der Waals surface area contributed by atoms with Crippen molar-refractivity contribution in [1.82, 2.24) is 9.88 Å². The van der Waals surface area contributed by atoms with Crippen LogP contribution in [0.4, 0.5) is 22.4 Å². The van der Waals surface area contributed by atoms with Gasteiger partial charge in [0.05, 0.1) is 23.7 Å². The summed E-state index contributed by atoms with van der Waals surface area (Å²) in [5.74, 6) is -0.349. The molecule has 1 amide bonds. The average molecular weight is 491 g/mol. The van der Waals surface area contributed by atoms with Gasteiger partial charge in [0.1, 0.15) is 17.8 Å². The number of ether oxygens (including phenoxy) is 1. The first kappa shape index (κ1) is 26.1. The minimum Gasteiger partial charge on any atom is -0.444 e. The van der Waals surface area contributed by atoms with E-state index in [-0.39, 0.29) is 37.2 Å². The van der Waals surface area contributed by atoms with Crippen LogP contribution in [0.5, 0.6) is 0 Å². The summed E-state index contributed by atoms with van der Waals surface area (Å²) in [6.07, 6.45) is -5.28. The van der Waals surface area contributed by atoms with E-state index in [0.717, 1.165) is 17.0 Å². The van der Waals surface area contributed by atoms with Crippen molar-refractivity contribution in [2.75, 3.05) is 6.54 Å². The summed E-state index contributed by atoms with van der Waals surface area (Å²) in [6.45, 7) is 4.80. The molecule has 1 fully saturated rings. The van der Waals surface area contributed by atoms with E-state index in [1.54, 1.807) is 26.8 Å². The van der Waals surface area contributed by atoms with Gasteiger partial charge in [0.15, 0.2) is 5.78 Å². The minimum absolute atomic E-state index is 0.0396. The number of ketones is 1. The number of halogens is 4. The molecule has 1 aliphatic rings. The van der Waals surface area contributed by atoms with Crippen molar-refractivity contribution in [3.05, 3.63) is 53.3 Å². The normalized spacial score (nSPS) is 18.3. The first-order valence-corrected chi connectivity index (χ1v) is 11.0. The Hall–Kier alpha value is -3.48. The van der Waals surface area contributed by atoms with Gasteiger partial charge in [-0.05, 0) is 51.0 Å². The van der Waals surface area contributed by atoms with E-state index in [1.807, 2.05) is 6.07 Å². The molecule has 0 unspecified atom stereocenters. The van der Waals surface area contributed by atoms with Gasteiger partial charge in [0.2, 0.25) is 0 Å². The predicted molar refractivity (Wildman–Crippen MR) is 119 cm³/mol. The number of carbonyl (C=O) groups is 2. The number of amides is 1. The number of aromatic nitrogens is 1. The number of pyridine rings is 1. The third-order valence-electron chi connectivity index (χ3n) is 5.48. The minimum atomic E-state index is -4.48. The van der Waals surface area contributed by atoms with Gasteiger partial charge in [-0.2, -0.15) is 18.4 Å². The Labute approximate surface area is 200 Å². The number of nitrogens with zero attached hydrogens (tertiary/aromatic N) is 3. The number of likely N-dealkylation sites (tertiary alicyclic amines) is 1. The largest absolute Gasteiger partial charge is 0.444 e. The summed E-state index contributed by atoms with van der Waals surface area (Å²) < 4.78 is 57.9. The van der Waals surface area contributed by atoms with E-state index in [4.69, 9.17) is 4.74 Å². The lowest BCUT2D eigenvalue weighted by Gasteiger charge is -2.27. The van der Waals surface area contributed by atoms with Crippen molar-refractivity contribution >= 4 is 11.9 Å². The summed E-state index contributed by atoms with van der Waals surface area (Å²) >= 11 is 0. The zero-order valence-electron chi connectivity index (χ0n) is 19.5. The Kier molecular flexibility index (Phi) is 7.48. The molecule has 3 rings (SSSR count). The molecule has 6 nitrogen and oxygen atoms in total. The first-order valence-electron chi connectivity index (χ1n) is 11.0. The second-order valence-corrected chi connectivity index (χ2v) is 9.36. The van der Waals surface area contributed by atoms with Gasteiger partial charge in [-0.15, -0.1) is 0 Å². The second-order valence-electron chi connectivity index (χ2n) is 9.36. The molecule has 0 saturated carbocycles. The fraction of sp³-hybridized carbons (Fsp3) is 0.440. The van der Waals surface area contributed by atoms with Crippen molar-refractivity contribution < 1.29 is 31.9 Å². The number of nitriles is 1. The highest BCUT2D eigenvalue weighted by Crippen LogP contribution is 2.32. The highest BCUT2D eigenvalue weighted by molar-refractivity contribution is 5.88. The standard InChI is InChI=1S/C25H25F4N3O3/c1-24(2,3)35-23(34)32-14-18(26)10-21(32)22(33)9-8-19-11-20(16(12-30)13-31-19)15-4-6-17(7-5-15)25(27,28)29/h4-7,11,13,18,21H,8-10,14H2,1-3H3/t18-,21+/m1/s1. The lowest BCUT2D eigenvalue weighted by atomic mass is 9.98. The Morgan fingerprint density at radius 3 is 2.43 bits per heavy atom. The smallest absolute Gasteiger partial charge is 0.416 e. The van der Waals surface area contributed by atoms with E-state index < -0.39 is 35.6 Å². The number of carbonyl (C=O) groups excluding carboxylic acids is 2. The van der Waals surface area contributed by atoms with Gasteiger partial charge in [-0.1, -0.05) is 12.1 Å². The SMILES string of the molecule is CC(C)(C)OC(=O)N1C[C@H](F)C[C@H]1C(=O)CCc1cc(-c2ccc(C(F)(F)F)cc2)c(C#N)cn1. The fourth-order valence-corrected chi connectivity index (χ4v) is 3.83. The Bertz CT molecular complexity index is 1130. The van der Waals surface area contributed by atoms with Crippen LogP contribution in [0.25, 0.3) is 11.1 Å². The maximum atomic E-state index is 14.1. The van der Waals surface area contributed by atoms with Gasteiger partial charge >= 0.3 is 12.3 Å². The lowest BCUT2D eigenvalue weighted by Crippen LogP contribution is -2.43. The van der Waals surface area contributed by atoms with E-state index in [1.165, 1.54) is 18.3 Å². The molecule has 186 valence electrons. The molecule has 0 radical (unpaired) electrons. The average Bonchev–Trinajstić information content (AvgIpc) is 3.17. The zero-order valence-corrected chi connectivity index (χ0v) is 19.5. The van der Waals surface area contributed by atoms with E-state index in [2.05, 4.69) is 4.98 Å². The number of rotatable bonds is 5. The molecule has 1 aliphatic heterocycles. The molecule has 0 spiro atoms. The van der Waals surface area contributed by atoms with Crippen LogP contribution in [-0.2, 0) is 22.1 Å². The molecule has 0 N–H and O–H groups in total. The van der Waals surface area contributed by atoms with Crippen molar-refractivity contribution in [2.24, 2.45) is 0 Å². The van der Waals surface area contributed by atoms with Gasteiger partial charge < -0.3 is 4.74 Å². The summed E-state index contributed by atoms with van der Waals surface area (Å²) in [5.41, 5.74) is -0.203. The van der Waals surface area contributed by atoms with Crippen LogP contribution >= 0.6 is 0 Å². The van der Waals surface area contributed by atoms with Gasteiger partial charge in [0, 0.05) is 30.3 Å². The van der Waals surface area contributed by atoms with Crippen LogP contribution in [0.1, 0.15) is 50.4 Å². The highest BCUT2D eigenvalue weighted by Gasteiger charge is 2.41. The van der Waals surface area contributed by atoms with Gasteiger partial charge in [-0.25, -0.2) is 9.18 Å². The molecule has 2 atom stereocenters. The third-order valence-corrected chi connectivity index (χ3v) is 5.48. The number of hydrogen-bond donors (Lipinski definition) is 0. The number of Topliss-reactive ketones (excluding diaryl/α,β-unsaturated/α-hetero) is 1. The van der Waals surface area contributed by atoms with Crippen LogP contribution in [0.2, 0.25) is 0 Å². The summed E-state index contributed by atoms with van der Waals surface area (Å²) in [7, 11) is 0. The number of aryl methyl sites for hydroxylation is 1.